The van der Waals surface area contributed by atoms with Crippen LogP contribution in [0.5, 0.6) is 23.0 Å². The predicted molar refractivity (Wildman–Crippen MR) is 110 cm³/mol. The summed E-state index contributed by atoms with van der Waals surface area (Å²) >= 11 is 1.70. The van der Waals surface area contributed by atoms with E-state index in [4.69, 9.17) is 18.9 Å². The average molecular weight is 404 g/mol. The van der Waals surface area contributed by atoms with Crippen molar-refractivity contribution in [2.24, 2.45) is 0 Å². The molecule has 1 atom stereocenters. The van der Waals surface area contributed by atoms with Crippen LogP contribution in [-0.4, -0.2) is 51.7 Å². The van der Waals surface area contributed by atoms with E-state index in [1.807, 2.05) is 18.2 Å². The zero-order valence-corrected chi connectivity index (χ0v) is 17.2. The van der Waals surface area contributed by atoms with E-state index in [0.717, 1.165) is 11.3 Å². The number of nitrogens with one attached hydrogen (secondary N) is 1. The molecule has 0 saturated carbocycles. The van der Waals surface area contributed by atoms with Crippen molar-refractivity contribution in [3.63, 3.8) is 0 Å². The number of urea groups is 1. The van der Waals surface area contributed by atoms with E-state index in [0.29, 0.717) is 35.2 Å². The summed E-state index contributed by atoms with van der Waals surface area (Å²) in [5.74, 6) is 3.43. The molecule has 1 N–H and O–H groups in total. The minimum Gasteiger partial charge on any atom is -0.497 e. The van der Waals surface area contributed by atoms with Crippen molar-refractivity contribution in [1.29, 1.82) is 0 Å². The van der Waals surface area contributed by atoms with Crippen molar-refractivity contribution in [2.45, 2.75) is 5.37 Å². The number of nitrogens with zero attached hydrogens (tertiary/aromatic N) is 1. The molecule has 2 aromatic rings. The molecule has 1 aliphatic heterocycles. The summed E-state index contributed by atoms with van der Waals surface area (Å²) < 4.78 is 21.3. The van der Waals surface area contributed by atoms with Crippen LogP contribution in [0, 0.1) is 0 Å². The average Bonchev–Trinajstić information content (AvgIpc) is 3.23. The molecule has 0 aromatic heterocycles. The van der Waals surface area contributed by atoms with Crippen molar-refractivity contribution < 1.29 is 23.7 Å². The summed E-state index contributed by atoms with van der Waals surface area (Å²) in [7, 11) is 6.37. The van der Waals surface area contributed by atoms with E-state index in [2.05, 4.69) is 5.32 Å². The SMILES string of the molecule is COc1cc(OC)cc([C@@H]2SCCN2C(=O)Nc2ccc(OC)cc2OC)c1. The molecule has 1 aliphatic rings. The van der Waals surface area contributed by atoms with Gasteiger partial charge in [0.2, 0.25) is 0 Å². The van der Waals surface area contributed by atoms with Crippen LogP contribution in [0.25, 0.3) is 0 Å². The highest BCUT2D eigenvalue weighted by Crippen LogP contribution is 2.41. The highest BCUT2D eigenvalue weighted by atomic mass is 32.2. The van der Waals surface area contributed by atoms with Crippen LogP contribution in [0.3, 0.4) is 0 Å². The van der Waals surface area contributed by atoms with E-state index in [1.54, 1.807) is 63.3 Å². The Kier molecular flexibility index (Phi) is 6.41. The van der Waals surface area contributed by atoms with Crippen LogP contribution in [0.1, 0.15) is 10.9 Å². The van der Waals surface area contributed by atoms with E-state index in [9.17, 15) is 4.79 Å². The van der Waals surface area contributed by atoms with E-state index in [-0.39, 0.29) is 11.4 Å². The molecule has 1 fully saturated rings. The van der Waals surface area contributed by atoms with E-state index >= 15 is 0 Å². The zero-order chi connectivity index (χ0) is 20.1. The normalized spacial score (nSPS) is 15.9. The van der Waals surface area contributed by atoms with Crippen molar-refractivity contribution in [1.82, 2.24) is 4.90 Å². The lowest BCUT2D eigenvalue weighted by molar-refractivity contribution is 0.214. The Balaban J connectivity index is 1.82. The number of methoxy groups -OCH3 is 4. The molecular formula is C20H24N2O5S. The van der Waals surface area contributed by atoms with Gasteiger partial charge in [-0.25, -0.2) is 4.79 Å². The fourth-order valence-corrected chi connectivity index (χ4v) is 4.25. The number of amides is 2. The quantitative estimate of drug-likeness (QED) is 0.785. The Hall–Kier alpha value is -2.74. The fraction of sp³-hybridized carbons (Fsp3) is 0.350. The molecule has 3 rings (SSSR count). The van der Waals surface area contributed by atoms with Gasteiger partial charge in [-0.2, -0.15) is 0 Å². The summed E-state index contributed by atoms with van der Waals surface area (Å²) in [4.78, 5) is 14.8. The number of anilines is 1. The van der Waals surface area contributed by atoms with Crippen LogP contribution in [0.2, 0.25) is 0 Å². The van der Waals surface area contributed by atoms with Crippen molar-refractivity contribution in [3.05, 3.63) is 42.0 Å². The molecule has 1 saturated heterocycles. The Morgan fingerprint density at radius 1 is 0.964 bits per heavy atom. The lowest BCUT2D eigenvalue weighted by Crippen LogP contribution is -2.34. The molecule has 28 heavy (non-hydrogen) atoms. The maximum absolute atomic E-state index is 13.0. The Bertz CT molecular complexity index is 823. The molecule has 0 unspecified atom stereocenters. The third-order valence-corrected chi connectivity index (χ3v) is 5.72. The lowest BCUT2D eigenvalue weighted by atomic mass is 10.2. The molecule has 0 aliphatic carbocycles. The number of ether oxygens (including phenoxy) is 4. The molecule has 150 valence electrons. The van der Waals surface area contributed by atoms with Gasteiger partial charge >= 0.3 is 6.03 Å². The molecule has 2 aromatic carbocycles. The van der Waals surface area contributed by atoms with Crippen molar-refractivity contribution in [2.75, 3.05) is 46.1 Å². The number of rotatable bonds is 6. The maximum Gasteiger partial charge on any atom is 0.323 e. The first-order valence-electron chi connectivity index (χ1n) is 8.73. The summed E-state index contributed by atoms with van der Waals surface area (Å²) in [5, 5.41) is 2.81. The first-order valence-corrected chi connectivity index (χ1v) is 9.78. The van der Waals surface area contributed by atoms with Crippen LogP contribution < -0.4 is 24.3 Å². The topological polar surface area (TPSA) is 69.3 Å². The third-order valence-electron chi connectivity index (χ3n) is 4.46. The second-order valence-electron chi connectivity index (χ2n) is 6.06. The number of hydrogen-bond donors (Lipinski definition) is 1. The van der Waals surface area contributed by atoms with Gasteiger partial charge in [-0.3, -0.25) is 0 Å². The summed E-state index contributed by atoms with van der Waals surface area (Å²) in [6, 6.07) is 10.8. The maximum atomic E-state index is 13.0. The van der Waals surface area contributed by atoms with Gasteiger partial charge in [0.25, 0.3) is 0 Å². The van der Waals surface area contributed by atoms with Gasteiger partial charge in [0.1, 0.15) is 28.4 Å². The van der Waals surface area contributed by atoms with Crippen LogP contribution >= 0.6 is 11.8 Å². The van der Waals surface area contributed by atoms with Gasteiger partial charge in [0.05, 0.1) is 34.1 Å². The fourth-order valence-electron chi connectivity index (χ4n) is 3.01. The standard InChI is InChI=1S/C20H24N2O5S/c1-24-14-5-6-17(18(12-14)27-4)21-20(23)22-7-8-28-19(22)13-9-15(25-2)11-16(10-13)26-3/h5-6,9-12,19H,7-8H2,1-4H3,(H,21,23)/t19-/m0/s1. The largest absolute Gasteiger partial charge is 0.497 e. The van der Waals surface area contributed by atoms with Gasteiger partial charge in [-0.15, -0.1) is 11.8 Å². The smallest absolute Gasteiger partial charge is 0.323 e. The highest BCUT2D eigenvalue weighted by molar-refractivity contribution is 7.99. The molecule has 0 spiro atoms. The number of carbonyl (C=O) groups is 1. The number of hydrogen-bond acceptors (Lipinski definition) is 6. The number of carbonyl (C=O) groups excluding carboxylic acids is 1. The second kappa shape index (κ2) is 8.97. The predicted octanol–water partition coefficient (Wildman–Crippen LogP) is 4.00. The Morgan fingerprint density at radius 3 is 2.25 bits per heavy atom. The van der Waals surface area contributed by atoms with Gasteiger partial charge in [-0.05, 0) is 29.8 Å². The molecule has 7 nitrogen and oxygen atoms in total. The number of benzene rings is 2. The molecular weight excluding hydrogens is 380 g/mol. The summed E-state index contributed by atoms with van der Waals surface area (Å²) in [6.45, 7) is 0.638. The Labute approximate surface area is 168 Å². The van der Waals surface area contributed by atoms with Crippen molar-refractivity contribution in [3.8, 4) is 23.0 Å². The Morgan fingerprint density at radius 2 is 1.64 bits per heavy atom. The molecule has 0 bridgehead atoms. The second-order valence-corrected chi connectivity index (χ2v) is 7.25. The highest BCUT2D eigenvalue weighted by Gasteiger charge is 2.32. The minimum absolute atomic E-state index is 0.131. The van der Waals surface area contributed by atoms with Crippen LogP contribution in [0.15, 0.2) is 36.4 Å². The summed E-state index contributed by atoms with van der Waals surface area (Å²) in [5.41, 5.74) is 1.54. The zero-order valence-electron chi connectivity index (χ0n) is 16.4. The summed E-state index contributed by atoms with van der Waals surface area (Å²) in [6.07, 6.45) is 0. The van der Waals surface area contributed by atoms with E-state index in [1.165, 1.54) is 0 Å². The first-order chi connectivity index (χ1) is 13.6. The van der Waals surface area contributed by atoms with Gasteiger partial charge in [0, 0.05) is 24.4 Å². The third kappa shape index (κ3) is 4.22. The molecule has 0 radical (unpaired) electrons. The minimum atomic E-state index is -0.194. The van der Waals surface area contributed by atoms with Gasteiger partial charge < -0.3 is 29.2 Å². The van der Waals surface area contributed by atoms with E-state index < -0.39 is 0 Å². The lowest BCUT2D eigenvalue weighted by Gasteiger charge is -2.25. The monoisotopic (exact) mass is 404 g/mol. The molecule has 1 heterocycles. The van der Waals surface area contributed by atoms with Crippen molar-refractivity contribution >= 4 is 23.5 Å². The molecule has 2 amide bonds. The van der Waals surface area contributed by atoms with Crippen LogP contribution in [0.4, 0.5) is 10.5 Å². The van der Waals surface area contributed by atoms with Crippen LogP contribution in [-0.2, 0) is 0 Å². The molecule has 8 heteroatoms. The first kappa shape index (κ1) is 20.0. The number of thioether (sulfide) groups is 1. The van der Waals surface area contributed by atoms with Gasteiger partial charge in [0.15, 0.2) is 0 Å². The van der Waals surface area contributed by atoms with Gasteiger partial charge in [-0.1, -0.05) is 0 Å².